The van der Waals surface area contributed by atoms with E-state index >= 15 is 0 Å². The normalized spacial score (nSPS) is 42.7. The fraction of sp³-hybridized carbons (Fsp3) is 0.963. The summed E-state index contributed by atoms with van der Waals surface area (Å²) in [6, 6.07) is 0. The second kappa shape index (κ2) is 11.1. The molecular formula is C27H46NO9S2-. The van der Waals surface area contributed by atoms with Crippen LogP contribution in [0.1, 0.15) is 98.8 Å². The molecule has 0 aromatic heterocycles. The van der Waals surface area contributed by atoms with Crippen molar-refractivity contribution in [3.63, 3.8) is 0 Å². The lowest BCUT2D eigenvalue weighted by Gasteiger charge is -2.62. The molecule has 4 aliphatic rings. The maximum Gasteiger partial charge on any atom is 0.397 e. The highest BCUT2D eigenvalue weighted by atomic mass is 32.3. The van der Waals surface area contributed by atoms with E-state index in [2.05, 4.69) is 32.9 Å². The highest BCUT2D eigenvalue weighted by Gasteiger charge is 2.63. The van der Waals surface area contributed by atoms with Crippen molar-refractivity contribution in [1.82, 2.24) is 0 Å². The smallest absolute Gasteiger partial charge is 0.397 e. The Balaban J connectivity index is 1.61. The molecule has 4 fully saturated rings. The summed E-state index contributed by atoms with van der Waals surface area (Å²) in [5.74, 6) is 2.26. The Bertz CT molecular complexity index is 1140. The second-order valence-corrected chi connectivity index (χ2v) is 15.9. The lowest BCUT2D eigenvalue weighted by Crippen LogP contribution is -2.60. The third-order valence-corrected chi connectivity index (χ3v) is 12.2. The van der Waals surface area contributed by atoms with Crippen molar-refractivity contribution in [1.29, 1.82) is 0 Å². The molecule has 0 aliphatic heterocycles. The Hall–Kier alpha value is -0.790. The molecule has 0 bridgehead atoms. The summed E-state index contributed by atoms with van der Waals surface area (Å²) in [4.78, 5) is 0. The summed E-state index contributed by atoms with van der Waals surface area (Å²) in [5.41, 5.74) is -0.000583. The monoisotopic (exact) mass is 592 g/mol. The van der Waals surface area contributed by atoms with Gasteiger partial charge in [0, 0.05) is 11.6 Å². The van der Waals surface area contributed by atoms with Gasteiger partial charge in [0.2, 0.25) is 0 Å². The molecule has 4 aliphatic carbocycles. The SMILES string of the molecule is CC(C)CCC[C@@H](C)[C@H]1CC[C@H]2[C@@H]3C/C(=N/[O-])[C@H]4C[C@H](OS(=O)(=O)O)[C@@H](OS(=O)(=O)O)C[C@]4(C)[C@H]3CC[C@]12C. The third kappa shape index (κ3) is 6.35. The maximum atomic E-state index is 12.2. The Morgan fingerprint density at radius 3 is 2.15 bits per heavy atom. The van der Waals surface area contributed by atoms with Gasteiger partial charge in [0.25, 0.3) is 0 Å². The standard InChI is InChI=1S/C27H47NO9S2/c1-16(2)7-6-8-17(3)19-9-10-20-18-13-23(28-29)22-14-24(36-38(30,31)32)25(37-39(33,34)35)15-27(22,5)21(18)11-12-26(19,20)4/h16-22,24-25,29H,6-15H2,1-5H3,(H,30,31,32)(H,33,34,35)/p-1/b28-23-/t17-,18+,19-,20+,21+,22-,24+,25+,26-,27-/m1/s1. The molecule has 0 heterocycles. The van der Waals surface area contributed by atoms with Gasteiger partial charge in [0.1, 0.15) is 12.2 Å². The summed E-state index contributed by atoms with van der Waals surface area (Å²) in [6.07, 6.45) is 5.70. The molecule has 10 atom stereocenters. The fourth-order valence-electron chi connectivity index (χ4n) is 9.70. The van der Waals surface area contributed by atoms with Crippen LogP contribution in [-0.2, 0) is 29.2 Å². The predicted octanol–water partition coefficient (Wildman–Crippen LogP) is 5.64. The summed E-state index contributed by atoms with van der Waals surface area (Å²) >= 11 is 0. The van der Waals surface area contributed by atoms with Crippen molar-refractivity contribution in [3.8, 4) is 0 Å². The average molecular weight is 593 g/mol. The zero-order chi connectivity index (χ0) is 29.0. The maximum absolute atomic E-state index is 12.2. The van der Waals surface area contributed by atoms with Crippen molar-refractivity contribution >= 4 is 26.5 Å². The Kier molecular flexibility index (Phi) is 8.89. The van der Waals surface area contributed by atoms with Crippen LogP contribution in [0.3, 0.4) is 0 Å². The molecule has 226 valence electrons. The highest BCUT2D eigenvalue weighted by Crippen LogP contribution is 2.68. The summed E-state index contributed by atoms with van der Waals surface area (Å²) in [6.45, 7) is 11.3. The summed E-state index contributed by atoms with van der Waals surface area (Å²) in [7, 11) is -9.87. The fourth-order valence-corrected chi connectivity index (χ4v) is 10.7. The van der Waals surface area contributed by atoms with E-state index in [0.29, 0.717) is 35.8 Å². The molecule has 39 heavy (non-hydrogen) atoms. The van der Waals surface area contributed by atoms with Crippen LogP contribution < -0.4 is 0 Å². The molecule has 2 N–H and O–H groups in total. The second-order valence-electron chi connectivity index (χ2n) is 13.8. The number of hydrogen-bond acceptors (Lipinski definition) is 8. The van der Waals surface area contributed by atoms with Gasteiger partial charge >= 0.3 is 20.8 Å². The van der Waals surface area contributed by atoms with Gasteiger partial charge in [0.15, 0.2) is 0 Å². The molecule has 0 spiro atoms. The van der Waals surface area contributed by atoms with Gasteiger partial charge in [-0.1, -0.05) is 53.9 Å². The lowest BCUT2D eigenvalue weighted by atomic mass is 9.43. The van der Waals surface area contributed by atoms with E-state index in [0.717, 1.165) is 25.7 Å². The molecule has 0 aromatic rings. The van der Waals surface area contributed by atoms with Gasteiger partial charge in [-0.05, 0) is 91.3 Å². The van der Waals surface area contributed by atoms with Crippen LogP contribution in [0.4, 0.5) is 0 Å². The third-order valence-electron chi connectivity index (χ3n) is 11.3. The Morgan fingerprint density at radius 1 is 0.949 bits per heavy atom. The first kappa shape index (κ1) is 31.2. The minimum atomic E-state index is -4.94. The lowest BCUT2D eigenvalue weighted by molar-refractivity contribution is -0.120. The van der Waals surface area contributed by atoms with Crippen molar-refractivity contribution in [2.24, 2.45) is 57.4 Å². The van der Waals surface area contributed by atoms with E-state index in [1.54, 1.807) is 0 Å². The molecule has 0 unspecified atom stereocenters. The molecule has 4 rings (SSSR count). The highest BCUT2D eigenvalue weighted by molar-refractivity contribution is 7.81. The largest absolute Gasteiger partial charge is 0.792 e. The number of fused-ring (bicyclic) bond motifs is 5. The predicted molar refractivity (Wildman–Crippen MR) is 147 cm³/mol. The van der Waals surface area contributed by atoms with E-state index in [-0.39, 0.29) is 30.1 Å². The molecule has 0 amide bonds. The number of hydrogen-bond donors (Lipinski definition) is 2. The van der Waals surface area contributed by atoms with Gasteiger partial charge in [-0.15, -0.1) is 0 Å². The summed E-state index contributed by atoms with van der Waals surface area (Å²) in [5, 5.41) is 15.6. The van der Waals surface area contributed by atoms with Gasteiger partial charge < -0.3 is 10.4 Å². The molecular weight excluding hydrogens is 546 g/mol. The van der Waals surface area contributed by atoms with Crippen molar-refractivity contribution in [3.05, 3.63) is 5.21 Å². The van der Waals surface area contributed by atoms with Crippen molar-refractivity contribution in [2.45, 2.75) is 111 Å². The van der Waals surface area contributed by atoms with Crippen LogP contribution in [0, 0.1) is 57.5 Å². The van der Waals surface area contributed by atoms with Gasteiger partial charge in [0.05, 0.1) is 0 Å². The van der Waals surface area contributed by atoms with Crippen LogP contribution in [-0.4, -0.2) is 43.9 Å². The first-order valence-corrected chi connectivity index (χ1v) is 17.2. The topological polar surface area (TPSA) is 163 Å². The van der Waals surface area contributed by atoms with Crippen LogP contribution in [0.2, 0.25) is 0 Å². The van der Waals surface area contributed by atoms with Crippen LogP contribution in [0.5, 0.6) is 0 Å². The molecule has 0 saturated heterocycles. The van der Waals surface area contributed by atoms with E-state index in [1.807, 2.05) is 6.92 Å². The van der Waals surface area contributed by atoms with E-state index in [1.165, 1.54) is 19.3 Å². The molecule has 4 saturated carbocycles. The summed E-state index contributed by atoms with van der Waals surface area (Å²) < 4.78 is 74.9. The zero-order valence-electron chi connectivity index (χ0n) is 23.8. The van der Waals surface area contributed by atoms with E-state index in [9.17, 15) is 31.1 Å². The molecule has 0 radical (unpaired) electrons. The minimum Gasteiger partial charge on any atom is -0.792 e. The number of rotatable bonds is 9. The number of nitrogens with zero attached hydrogens (tertiary/aromatic N) is 1. The quantitative estimate of drug-likeness (QED) is 0.255. The van der Waals surface area contributed by atoms with Gasteiger partial charge in [-0.2, -0.15) is 16.8 Å². The minimum absolute atomic E-state index is 0.0519. The first-order chi connectivity index (χ1) is 18.0. The van der Waals surface area contributed by atoms with Crippen LogP contribution in [0.25, 0.3) is 0 Å². The van der Waals surface area contributed by atoms with E-state index < -0.39 is 44.3 Å². The van der Waals surface area contributed by atoms with Gasteiger partial charge in [-0.25, -0.2) is 8.37 Å². The van der Waals surface area contributed by atoms with Crippen molar-refractivity contribution < 1.29 is 34.3 Å². The van der Waals surface area contributed by atoms with Crippen LogP contribution in [0.15, 0.2) is 5.16 Å². The zero-order valence-corrected chi connectivity index (χ0v) is 25.4. The van der Waals surface area contributed by atoms with E-state index in [4.69, 9.17) is 8.37 Å². The van der Waals surface area contributed by atoms with Crippen LogP contribution >= 0.6 is 0 Å². The molecule has 10 nitrogen and oxygen atoms in total. The van der Waals surface area contributed by atoms with Crippen molar-refractivity contribution in [2.75, 3.05) is 0 Å². The van der Waals surface area contributed by atoms with Gasteiger partial charge in [-0.3, -0.25) is 9.11 Å². The Morgan fingerprint density at radius 2 is 1.56 bits per heavy atom. The molecule has 0 aromatic carbocycles. The average Bonchev–Trinajstić information content (AvgIpc) is 3.14. The molecule has 12 heteroatoms. The first-order valence-electron chi connectivity index (χ1n) is 14.5. The Labute approximate surface area is 234 Å².